The Labute approximate surface area is 118 Å². The smallest absolute Gasteiger partial charge is 0.252 e. The molecule has 2 heterocycles. The molecule has 0 radical (unpaired) electrons. The molecule has 2 rings (SSSR count). The summed E-state index contributed by atoms with van der Waals surface area (Å²) in [5, 5.41) is 8.89. The van der Waals surface area contributed by atoms with Gasteiger partial charge in [0.1, 0.15) is 4.21 Å². The molecule has 0 amide bonds. The van der Waals surface area contributed by atoms with Crippen LogP contribution in [0.15, 0.2) is 16.3 Å². The van der Waals surface area contributed by atoms with Crippen molar-refractivity contribution in [3.05, 3.63) is 17.0 Å². The SMILES string of the molecule is CN1CCCN(S(=O)(=O)c2ccc(CCO)s2)CC1. The molecule has 1 aliphatic rings. The summed E-state index contributed by atoms with van der Waals surface area (Å²) < 4.78 is 27.0. The lowest BCUT2D eigenvalue weighted by Crippen LogP contribution is -2.34. The first kappa shape index (κ1) is 14.9. The Balaban J connectivity index is 2.15. The average molecular weight is 304 g/mol. The second kappa shape index (κ2) is 6.32. The predicted molar refractivity (Wildman–Crippen MR) is 76.0 cm³/mol. The van der Waals surface area contributed by atoms with E-state index in [-0.39, 0.29) is 6.61 Å². The normalized spacial score (nSPS) is 19.5. The summed E-state index contributed by atoms with van der Waals surface area (Å²) in [6.45, 7) is 2.89. The molecule has 1 aliphatic heterocycles. The van der Waals surface area contributed by atoms with Crippen LogP contribution in [-0.2, 0) is 16.4 Å². The van der Waals surface area contributed by atoms with Gasteiger partial charge >= 0.3 is 0 Å². The van der Waals surface area contributed by atoms with E-state index in [0.717, 1.165) is 24.4 Å². The number of rotatable bonds is 4. The molecule has 0 saturated carbocycles. The Hall–Kier alpha value is -0.470. The summed E-state index contributed by atoms with van der Waals surface area (Å²) in [4.78, 5) is 3.06. The molecule has 1 aromatic heterocycles. The van der Waals surface area contributed by atoms with Crippen LogP contribution >= 0.6 is 11.3 Å². The molecule has 1 N–H and O–H groups in total. The maximum absolute atomic E-state index is 12.5. The highest BCUT2D eigenvalue weighted by Gasteiger charge is 2.27. The fourth-order valence-corrected chi connectivity index (χ4v) is 5.10. The number of nitrogens with zero attached hydrogens (tertiary/aromatic N) is 2. The monoisotopic (exact) mass is 304 g/mol. The predicted octanol–water partition coefficient (Wildman–Crippen LogP) is 0.609. The van der Waals surface area contributed by atoms with Crippen molar-refractivity contribution in [2.24, 2.45) is 0 Å². The lowest BCUT2D eigenvalue weighted by Gasteiger charge is -2.19. The Bertz CT molecular complexity index is 513. The van der Waals surface area contributed by atoms with Crippen LogP contribution < -0.4 is 0 Å². The fourth-order valence-electron chi connectivity index (χ4n) is 2.13. The van der Waals surface area contributed by atoms with Crippen molar-refractivity contribution in [1.82, 2.24) is 9.21 Å². The number of hydrogen-bond donors (Lipinski definition) is 1. The molecular weight excluding hydrogens is 284 g/mol. The van der Waals surface area contributed by atoms with E-state index in [1.165, 1.54) is 11.3 Å². The first-order valence-electron chi connectivity index (χ1n) is 6.42. The van der Waals surface area contributed by atoms with Crippen LogP contribution in [-0.4, -0.2) is 62.6 Å². The van der Waals surface area contributed by atoms with Crippen molar-refractivity contribution in [3.63, 3.8) is 0 Å². The largest absolute Gasteiger partial charge is 0.396 e. The molecule has 0 bridgehead atoms. The van der Waals surface area contributed by atoms with Crippen LogP contribution in [0, 0.1) is 0 Å². The topological polar surface area (TPSA) is 60.9 Å². The molecule has 0 aliphatic carbocycles. The van der Waals surface area contributed by atoms with Gasteiger partial charge in [0, 0.05) is 37.5 Å². The second-order valence-electron chi connectivity index (χ2n) is 4.76. The van der Waals surface area contributed by atoms with Crippen LogP contribution in [0.3, 0.4) is 0 Å². The van der Waals surface area contributed by atoms with Gasteiger partial charge in [0.2, 0.25) is 0 Å². The molecule has 7 heteroatoms. The van der Waals surface area contributed by atoms with Crippen molar-refractivity contribution in [1.29, 1.82) is 0 Å². The van der Waals surface area contributed by atoms with Crippen LogP contribution in [0.25, 0.3) is 0 Å². The number of aliphatic hydroxyl groups is 1. The van der Waals surface area contributed by atoms with Crippen LogP contribution in [0.5, 0.6) is 0 Å². The third-order valence-corrected chi connectivity index (χ3v) is 6.78. The fraction of sp³-hybridized carbons (Fsp3) is 0.667. The second-order valence-corrected chi connectivity index (χ2v) is 8.09. The van der Waals surface area contributed by atoms with E-state index in [1.54, 1.807) is 16.4 Å². The summed E-state index contributed by atoms with van der Waals surface area (Å²) in [5.41, 5.74) is 0. The maximum Gasteiger partial charge on any atom is 0.252 e. The third kappa shape index (κ3) is 3.55. The zero-order valence-electron chi connectivity index (χ0n) is 11.1. The summed E-state index contributed by atoms with van der Waals surface area (Å²) in [6.07, 6.45) is 1.38. The van der Waals surface area contributed by atoms with E-state index < -0.39 is 10.0 Å². The average Bonchev–Trinajstić information content (AvgIpc) is 2.72. The van der Waals surface area contributed by atoms with Gasteiger partial charge in [-0.25, -0.2) is 8.42 Å². The van der Waals surface area contributed by atoms with E-state index in [9.17, 15) is 8.42 Å². The molecule has 19 heavy (non-hydrogen) atoms. The number of thiophene rings is 1. The Morgan fingerprint density at radius 2 is 2.05 bits per heavy atom. The maximum atomic E-state index is 12.5. The molecule has 0 atom stereocenters. The van der Waals surface area contributed by atoms with Crippen LogP contribution in [0.4, 0.5) is 0 Å². The lowest BCUT2D eigenvalue weighted by molar-refractivity contribution is 0.300. The third-order valence-electron chi connectivity index (χ3n) is 3.27. The minimum absolute atomic E-state index is 0.0501. The lowest BCUT2D eigenvalue weighted by atomic mass is 10.4. The highest BCUT2D eigenvalue weighted by Crippen LogP contribution is 2.25. The van der Waals surface area contributed by atoms with E-state index in [0.29, 0.717) is 23.7 Å². The van der Waals surface area contributed by atoms with Gasteiger partial charge in [-0.05, 0) is 32.1 Å². The quantitative estimate of drug-likeness (QED) is 0.885. The van der Waals surface area contributed by atoms with Gasteiger partial charge in [-0.1, -0.05) is 0 Å². The van der Waals surface area contributed by atoms with Crippen LogP contribution in [0.2, 0.25) is 0 Å². The zero-order valence-corrected chi connectivity index (χ0v) is 12.7. The number of hydrogen-bond acceptors (Lipinski definition) is 5. The number of sulfonamides is 1. The molecule has 108 valence electrons. The standard InChI is InChI=1S/C12H20N2O3S2/c1-13-6-2-7-14(9-8-13)19(16,17)12-4-3-11(18-12)5-10-15/h3-4,15H,2,5-10H2,1H3. The Morgan fingerprint density at radius 1 is 1.26 bits per heavy atom. The van der Waals surface area contributed by atoms with Crippen molar-refractivity contribution in [3.8, 4) is 0 Å². The molecule has 1 saturated heterocycles. The van der Waals surface area contributed by atoms with Gasteiger partial charge < -0.3 is 10.0 Å². The highest BCUT2D eigenvalue weighted by atomic mass is 32.2. The van der Waals surface area contributed by atoms with Gasteiger partial charge in [-0.2, -0.15) is 4.31 Å². The molecule has 1 aromatic rings. The van der Waals surface area contributed by atoms with E-state index in [1.807, 2.05) is 7.05 Å². The first-order valence-corrected chi connectivity index (χ1v) is 8.68. The molecule has 0 spiro atoms. The van der Waals surface area contributed by atoms with Gasteiger partial charge in [0.05, 0.1) is 0 Å². The Morgan fingerprint density at radius 3 is 2.79 bits per heavy atom. The van der Waals surface area contributed by atoms with Gasteiger partial charge in [-0.3, -0.25) is 0 Å². The van der Waals surface area contributed by atoms with Gasteiger partial charge in [0.15, 0.2) is 0 Å². The number of aliphatic hydroxyl groups excluding tert-OH is 1. The minimum Gasteiger partial charge on any atom is -0.396 e. The minimum atomic E-state index is -3.36. The van der Waals surface area contributed by atoms with Crippen molar-refractivity contribution >= 4 is 21.4 Å². The molecule has 1 fully saturated rings. The van der Waals surface area contributed by atoms with Crippen molar-refractivity contribution in [2.75, 3.05) is 39.8 Å². The van der Waals surface area contributed by atoms with Gasteiger partial charge in [-0.15, -0.1) is 11.3 Å². The summed E-state index contributed by atoms with van der Waals surface area (Å²) in [7, 11) is -1.35. The molecule has 0 aromatic carbocycles. The summed E-state index contributed by atoms with van der Waals surface area (Å²) in [6, 6.07) is 3.44. The Kier molecular flexibility index (Phi) is 4.97. The summed E-state index contributed by atoms with van der Waals surface area (Å²) >= 11 is 1.26. The van der Waals surface area contributed by atoms with E-state index >= 15 is 0 Å². The molecule has 5 nitrogen and oxygen atoms in total. The first-order chi connectivity index (χ1) is 9.04. The summed E-state index contributed by atoms with van der Waals surface area (Å²) in [5.74, 6) is 0. The number of likely N-dealkylation sites (N-methyl/N-ethyl adjacent to an activating group) is 1. The highest BCUT2D eigenvalue weighted by molar-refractivity contribution is 7.91. The van der Waals surface area contributed by atoms with Crippen molar-refractivity contribution in [2.45, 2.75) is 17.1 Å². The van der Waals surface area contributed by atoms with Crippen LogP contribution in [0.1, 0.15) is 11.3 Å². The van der Waals surface area contributed by atoms with E-state index in [4.69, 9.17) is 5.11 Å². The zero-order chi connectivity index (χ0) is 13.9. The van der Waals surface area contributed by atoms with Crippen molar-refractivity contribution < 1.29 is 13.5 Å². The molecular formula is C12H20N2O3S2. The van der Waals surface area contributed by atoms with Gasteiger partial charge in [0.25, 0.3) is 10.0 Å². The molecule has 0 unspecified atom stereocenters. The van der Waals surface area contributed by atoms with E-state index in [2.05, 4.69) is 4.90 Å².